The third kappa shape index (κ3) is 6.06. The van der Waals surface area contributed by atoms with Crippen LogP contribution in [0.15, 0.2) is 24.3 Å². The number of carbonyl (C=O) groups excluding carboxylic acids is 1. The van der Waals surface area contributed by atoms with Gasteiger partial charge in [0.05, 0.1) is 6.04 Å². The van der Waals surface area contributed by atoms with Crippen LogP contribution < -0.4 is 15.4 Å². The number of amides is 2. The van der Waals surface area contributed by atoms with Gasteiger partial charge in [-0.05, 0) is 62.8 Å². The summed E-state index contributed by atoms with van der Waals surface area (Å²) in [5.41, 5.74) is 0. The van der Waals surface area contributed by atoms with Gasteiger partial charge < -0.3 is 20.5 Å². The highest BCUT2D eigenvalue weighted by Gasteiger charge is 2.22. The summed E-state index contributed by atoms with van der Waals surface area (Å²) >= 11 is 0. The van der Waals surface area contributed by atoms with Crippen LogP contribution in [0, 0.1) is 11.7 Å². The minimum absolute atomic E-state index is 0.158. The molecular weight excluding hydrogens is 299 g/mol. The molecule has 0 heterocycles. The summed E-state index contributed by atoms with van der Waals surface area (Å²) in [7, 11) is 0. The molecule has 1 aliphatic carbocycles. The molecule has 0 spiro atoms. The third-order valence-electron chi connectivity index (χ3n) is 4.13. The fourth-order valence-corrected chi connectivity index (χ4v) is 2.73. The molecule has 1 atom stereocenters. The molecule has 0 aliphatic heterocycles. The quantitative estimate of drug-likeness (QED) is 0.753. The molecule has 23 heavy (non-hydrogen) atoms. The van der Waals surface area contributed by atoms with Gasteiger partial charge in [-0.3, -0.25) is 0 Å². The monoisotopic (exact) mass is 324 g/mol. The van der Waals surface area contributed by atoms with Crippen LogP contribution in [-0.4, -0.2) is 36.4 Å². The van der Waals surface area contributed by atoms with Crippen LogP contribution in [0.25, 0.3) is 0 Å². The van der Waals surface area contributed by atoms with Crippen LogP contribution in [-0.2, 0) is 0 Å². The predicted molar refractivity (Wildman–Crippen MR) is 85.9 cm³/mol. The standard InChI is InChI=1S/C17H25FN2O3/c1-12(11-23-16-8-4-14(18)5-9-16)19-17(22)20-15-6-2-13(10-21)3-7-15/h4-5,8-9,12-13,15,21H,2-3,6-7,10-11H2,1H3,(H2,19,20,22)/t12-,13?,15?/m0/s1. The Hall–Kier alpha value is -1.82. The SMILES string of the molecule is C[C@@H](COc1ccc(F)cc1)NC(=O)NC1CCC(CO)CC1. The lowest BCUT2D eigenvalue weighted by molar-refractivity contribution is 0.173. The van der Waals surface area contributed by atoms with Crippen molar-refractivity contribution in [2.24, 2.45) is 5.92 Å². The second kappa shape index (κ2) is 8.72. The highest BCUT2D eigenvalue weighted by molar-refractivity contribution is 5.74. The lowest BCUT2D eigenvalue weighted by atomic mass is 9.87. The van der Waals surface area contributed by atoms with E-state index in [2.05, 4.69) is 10.6 Å². The lowest BCUT2D eigenvalue weighted by Crippen LogP contribution is -2.48. The molecule has 0 unspecified atom stereocenters. The summed E-state index contributed by atoms with van der Waals surface area (Å²) in [6.07, 6.45) is 3.70. The van der Waals surface area contributed by atoms with Gasteiger partial charge in [-0.15, -0.1) is 0 Å². The van der Waals surface area contributed by atoms with E-state index in [1.54, 1.807) is 12.1 Å². The maximum Gasteiger partial charge on any atom is 0.315 e. The highest BCUT2D eigenvalue weighted by atomic mass is 19.1. The molecule has 0 aromatic heterocycles. The Balaban J connectivity index is 1.65. The lowest BCUT2D eigenvalue weighted by Gasteiger charge is -2.28. The largest absolute Gasteiger partial charge is 0.491 e. The molecule has 1 fully saturated rings. The maximum absolute atomic E-state index is 12.8. The second-order valence-electron chi connectivity index (χ2n) is 6.18. The molecule has 0 saturated heterocycles. The van der Waals surface area contributed by atoms with Gasteiger partial charge in [0.2, 0.25) is 0 Å². The smallest absolute Gasteiger partial charge is 0.315 e. The van der Waals surface area contributed by atoms with Gasteiger partial charge in [0.25, 0.3) is 0 Å². The second-order valence-corrected chi connectivity index (χ2v) is 6.18. The van der Waals surface area contributed by atoms with Crippen LogP contribution in [0.4, 0.5) is 9.18 Å². The number of ether oxygens (including phenoxy) is 1. The van der Waals surface area contributed by atoms with E-state index in [1.807, 2.05) is 6.92 Å². The maximum atomic E-state index is 12.8. The Morgan fingerprint density at radius 1 is 1.30 bits per heavy atom. The van der Waals surface area contributed by atoms with E-state index in [9.17, 15) is 9.18 Å². The first kappa shape index (κ1) is 17.5. The minimum Gasteiger partial charge on any atom is -0.491 e. The van der Waals surface area contributed by atoms with Gasteiger partial charge in [-0.25, -0.2) is 9.18 Å². The summed E-state index contributed by atoms with van der Waals surface area (Å²) in [4.78, 5) is 12.0. The van der Waals surface area contributed by atoms with Gasteiger partial charge in [-0.2, -0.15) is 0 Å². The number of aliphatic hydroxyl groups excluding tert-OH is 1. The number of hydrogen-bond donors (Lipinski definition) is 3. The Bertz CT molecular complexity index is 487. The highest BCUT2D eigenvalue weighted by Crippen LogP contribution is 2.23. The summed E-state index contributed by atoms with van der Waals surface area (Å²) in [5, 5.41) is 14.9. The fourth-order valence-electron chi connectivity index (χ4n) is 2.73. The Kier molecular flexibility index (Phi) is 6.65. The van der Waals surface area contributed by atoms with Crippen LogP contribution in [0.3, 0.4) is 0 Å². The average molecular weight is 324 g/mol. The van der Waals surface area contributed by atoms with Crippen molar-refractivity contribution in [2.75, 3.05) is 13.2 Å². The molecule has 2 rings (SSSR count). The molecule has 0 bridgehead atoms. The Morgan fingerprint density at radius 2 is 1.96 bits per heavy atom. The molecule has 1 aromatic carbocycles. The van der Waals surface area contributed by atoms with E-state index in [0.29, 0.717) is 18.3 Å². The molecule has 1 saturated carbocycles. The number of halogens is 1. The number of carbonyl (C=O) groups is 1. The van der Waals surface area contributed by atoms with E-state index < -0.39 is 0 Å². The zero-order valence-corrected chi connectivity index (χ0v) is 13.4. The number of rotatable bonds is 6. The first-order valence-electron chi connectivity index (χ1n) is 8.13. The molecule has 128 valence electrons. The van der Waals surface area contributed by atoms with Crippen molar-refractivity contribution >= 4 is 6.03 Å². The molecule has 1 aromatic rings. The summed E-state index contributed by atoms with van der Waals surface area (Å²) < 4.78 is 18.3. The zero-order chi connectivity index (χ0) is 16.7. The van der Waals surface area contributed by atoms with Gasteiger partial charge in [0, 0.05) is 12.6 Å². The van der Waals surface area contributed by atoms with E-state index >= 15 is 0 Å². The van der Waals surface area contributed by atoms with Crippen LogP contribution in [0.1, 0.15) is 32.6 Å². The number of benzene rings is 1. The molecular formula is C17H25FN2O3. The number of aliphatic hydroxyl groups is 1. The topological polar surface area (TPSA) is 70.6 Å². The first-order chi connectivity index (χ1) is 11.1. The van der Waals surface area contributed by atoms with E-state index in [0.717, 1.165) is 25.7 Å². The fraction of sp³-hybridized carbons (Fsp3) is 0.588. The number of hydrogen-bond acceptors (Lipinski definition) is 3. The Labute approximate surface area is 136 Å². The van der Waals surface area contributed by atoms with Crippen molar-refractivity contribution < 1.29 is 19.0 Å². The molecule has 0 radical (unpaired) electrons. The zero-order valence-electron chi connectivity index (χ0n) is 13.4. The summed E-state index contributed by atoms with van der Waals surface area (Å²) in [6, 6.07) is 5.60. The van der Waals surface area contributed by atoms with Gasteiger partial charge >= 0.3 is 6.03 Å². The molecule has 2 amide bonds. The van der Waals surface area contributed by atoms with E-state index in [-0.39, 0.29) is 30.5 Å². The van der Waals surface area contributed by atoms with Crippen molar-refractivity contribution in [2.45, 2.75) is 44.7 Å². The van der Waals surface area contributed by atoms with Crippen molar-refractivity contribution in [1.29, 1.82) is 0 Å². The van der Waals surface area contributed by atoms with Crippen molar-refractivity contribution in [1.82, 2.24) is 10.6 Å². The first-order valence-corrected chi connectivity index (χ1v) is 8.13. The predicted octanol–water partition coefficient (Wildman–Crippen LogP) is 2.44. The van der Waals surface area contributed by atoms with Crippen molar-refractivity contribution in [3.8, 4) is 5.75 Å². The van der Waals surface area contributed by atoms with Crippen molar-refractivity contribution in [3.05, 3.63) is 30.1 Å². The normalized spacial score (nSPS) is 22.2. The third-order valence-corrected chi connectivity index (χ3v) is 4.13. The molecule has 5 nitrogen and oxygen atoms in total. The van der Waals surface area contributed by atoms with Gasteiger partial charge in [-0.1, -0.05) is 0 Å². The molecule has 3 N–H and O–H groups in total. The summed E-state index contributed by atoms with van der Waals surface area (Å²) in [6.45, 7) is 2.40. The average Bonchev–Trinajstić information content (AvgIpc) is 2.55. The van der Waals surface area contributed by atoms with Crippen LogP contribution in [0.2, 0.25) is 0 Å². The minimum atomic E-state index is -0.307. The Morgan fingerprint density at radius 3 is 2.57 bits per heavy atom. The van der Waals surface area contributed by atoms with Crippen molar-refractivity contribution in [3.63, 3.8) is 0 Å². The van der Waals surface area contributed by atoms with Gasteiger partial charge in [0.1, 0.15) is 18.2 Å². The van der Waals surface area contributed by atoms with E-state index in [4.69, 9.17) is 9.84 Å². The van der Waals surface area contributed by atoms with Crippen LogP contribution in [0.5, 0.6) is 5.75 Å². The molecule has 6 heteroatoms. The van der Waals surface area contributed by atoms with Gasteiger partial charge in [0.15, 0.2) is 0 Å². The number of nitrogens with one attached hydrogen (secondary N) is 2. The van der Waals surface area contributed by atoms with Crippen LogP contribution >= 0.6 is 0 Å². The molecule has 1 aliphatic rings. The summed E-state index contributed by atoms with van der Waals surface area (Å²) in [5.74, 6) is 0.640. The van der Waals surface area contributed by atoms with E-state index in [1.165, 1.54) is 12.1 Å². The number of urea groups is 1.